The number of benzene rings is 2. The number of para-hydroxylation sites is 1. The monoisotopic (exact) mass is 355 g/mol. The first kappa shape index (κ1) is 18.7. The SMILES string of the molecule is NNC(=O)c1ccc(C(=O)NN)c(Cc2ccccc2O)c1.[Mn]. The van der Waals surface area contributed by atoms with E-state index in [4.69, 9.17) is 11.7 Å². The van der Waals surface area contributed by atoms with Crippen LogP contribution in [0, 0.1) is 0 Å². The Balaban J connectivity index is 0.00000264. The number of phenols is 1. The van der Waals surface area contributed by atoms with Crippen LogP contribution in [0.15, 0.2) is 42.5 Å². The number of aromatic hydroxyl groups is 1. The van der Waals surface area contributed by atoms with E-state index in [9.17, 15) is 14.7 Å². The van der Waals surface area contributed by atoms with Crippen LogP contribution in [0.5, 0.6) is 5.75 Å². The molecule has 7 nitrogen and oxygen atoms in total. The van der Waals surface area contributed by atoms with E-state index < -0.39 is 11.8 Å². The summed E-state index contributed by atoms with van der Waals surface area (Å²) in [5, 5.41) is 9.86. The third kappa shape index (κ3) is 4.30. The molecule has 2 rings (SSSR count). The van der Waals surface area contributed by atoms with Crippen LogP contribution in [-0.2, 0) is 23.5 Å². The quantitative estimate of drug-likeness (QED) is 0.231. The number of hydrogen-bond acceptors (Lipinski definition) is 5. The molecule has 2 aromatic rings. The summed E-state index contributed by atoms with van der Waals surface area (Å²) in [5.41, 5.74) is 5.89. The minimum absolute atomic E-state index is 0. The zero-order valence-electron chi connectivity index (χ0n) is 12.0. The predicted molar refractivity (Wildman–Crippen MR) is 80.7 cm³/mol. The van der Waals surface area contributed by atoms with Gasteiger partial charge in [0.05, 0.1) is 0 Å². The van der Waals surface area contributed by atoms with E-state index in [0.717, 1.165) is 0 Å². The van der Waals surface area contributed by atoms with Crippen LogP contribution in [0.25, 0.3) is 0 Å². The third-order valence-electron chi connectivity index (χ3n) is 3.25. The van der Waals surface area contributed by atoms with Crippen LogP contribution in [0.1, 0.15) is 31.8 Å². The molecule has 0 atom stereocenters. The first-order valence-electron chi connectivity index (χ1n) is 6.48. The van der Waals surface area contributed by atoms with E-state index in [2.05, 4.69) is 5.43 Å². The van der Waals surface area contributed by atoms with Gasteiger partial charge in [-0.3, -0.25) is 20.4 Å². The number of nitrogen functional groups attached to an aromatic ring is 2. The number of nitrogens with two attached hydrogens (primary N) is 2. The van der Waals surface area contributed by atoms with Crippen molar-refractivity contribution in [3.63, 3.8) is 0 Å². The Morgan fingerprint density at radius 3 is 2.22 bits per heavy atom. The van der Waals surface area contributed by atoms with E-state index >= 15 is 0 Å². The van der Waals surface area contributed by atoms with Gasteiger partial charge in [0.15, 0.2) is 0 Å². The van der Waals surface area contributed by atoms with Gasteiger partial charge in [-0.05, 0) is 35.4 Å². The van der Waals surface area contributed by atoms with Gasteiger partial charge in [-0.25, -0.2) is 11.7 Å². The van der Waals surface area contributed by atoms with E-state index in [-0.39, 0.29) is 29.2 Å². The van der Waals surface area contributed by atoms with Crippen molar-refractivity contribution in [3.05, 3.63) is 64.7 Å². The molecular weight excluding hydrogens is 339 g/mol. The minimum atomic E-state index is -0.481. The maximum absolute atomic E-state index is 11.8. The van der Waals surface area contributed by atoms with Crippen LogP contribution < -0.4 is 22.5 Å². The maximum atomic E-state index is 11.8. The van der Waals surface area contributed by atoms with Gasteiger partial charge >= 0.3 is 0 Å². The molecule has 0 spiro atoms. The Hall–Kier alpha value is -2.38. The van der Waals surface area contributed by atoms with Crippen molar-refractivity contribution in [1.29, 1.82) is 0 Å². The Kier molecular flexibility index (Phi) is 6.74. The van der Waals surface area contributed by atoms with Gasteiger partial charge in [0.25, 0.3) is 11.8 Å². The molecule has 0 aliphatic rings. The average Bonchev–Trinajstić information content (AvgIpc) is 2.55. The Bertz CT molecular complexity index is 722. The van der Waals surface area contributed by atoms with E-state index in [1.54, 1.807) is 30.3 Å². The molecule has 0 heterocycles. The average molecular weight is 355 g/mol. The number of rotatable bonds is 4. The molecule has 121 valence electrons. The number of carbonyl (C=O) groups is 2. The Morgan fingerprint density at radius 2 is 1.61 bits per heavy atom. The Morgan fingerprint density at radius 1 is 0.957 bits per heavy atom. The number of phenolic OH excluding ortho intramolecular Hbond substituents is 1. The molecule has 0 aromatic heterocycles. The summed E-state index contributed by atoms with van der Waals surface area (Å²) in [7, 11) is 0. The molecule has 0 fully saturated rings. The molecule has 1 radical (unpaired) electrons. The maximum Gasteiger partial charge on any atom is 0.265 e. The normalized spacial score (nSPS) is 9.65. The van der Waals surface area contributed by atoms with Crippen LogP contribution in [0.4, 0.5) is 0 Å². The molecule has 2 amide bonds. The predicted octanol–water partition coefficient (Wildman–Crippen LogP) is 0.188. The summed E-state index contributed by atoms with van der Waals surface area (Å²) in [6, 6.07) is 11.3. The second-order valence-electron chi connectivity index (χ2n) is 4.62. The Labute approximate surface area is 143 Å². The van der Waals surface area contributed by atoms with E-state index in [0.29, 0.717) is 22.3 Å². The number of nitrogens with one attached hydrogen (secondary N) is 2. The smallest absolute Gasteiger partial charge is 0.265 e. The van der Waals surface area contributed by atoms with Gasteiger partial charge in [-0.2, -0.15) is 0 Å². The molecule has 0 bridgehead atoms. The second-order valence-corrected chi connectivity index (χ2v) is 4.62. The first-order chi connectivity index (χ1) is 10.6. The summed E-state index contributed by atoms with van der Waals surface area (Å²) in [4.78, 5) is 23.5. The number of hydrazine groups is 2. The summed E-state index contributed by atoms with van der Waals surface area (Å²) >= 11 is 0. The number of hydrogen-bond donors (Lipinski definition) is 5. The fourth-order valence-electron chi connectivity index (χ4n) is 2.13. The molecule has 0 aliphatic heterocycles. The molecule has 2 aromatic carbocycles. The van der Waals surface area contributed by atoms with Crippen molar-refractivity contribution in [2.45, 2.75) is 6.42 Å². The second kappa shape index (κ2) is 8.30. The fraction of sp³-hybridized carbons (Fsp3) is 0.0667. The fourth-order valence-corrected chi connectivity index (χ4v) is 2.13. The third-order valence-corrected chi connectivity index (χ3v) is 3.25. The standard InChI is InChI=1S/C15H16N4O3.Mn/c16-18-14(21)10-5-6-12(15(22)19-17)11(8-10)7-9-3-1-2-4-13(9)20;/h1-6,8,20H,7,16-17H2,(H,18,21)(H,19,22);. The van der Waals surface area contributed by atoms with E-state index in [1.807, 2.05) is 5.43 Å². The summed E-state index contributed by atoms with van der Waals surface area (Å²) in [6.45, 7) is 0. The van der Waals surface area contributed by atoms with Gasteiger partial charge in [0.1, 0.15) is 5.75 Å². The molecule has 0 aliphatic carbocycles. The van der Waals surface area contributed by atoms with Crippen LogP contribution in [-0.4, -0.2) is 16.9 Å². The largest absolute Gasteiger partial charge is 0.508 e. The van der Waals surface area contributed by atoms with Crippen molar-refractivity contribution >= 4 is 11.8 Å². The summed E-state index contributed by atoms with van der Waals surface area (Å²) < 4.78 is 0. The van der Waals surface area contributed by atoms with Gasteiger partial charge < -0.3 is 5.11 Å². The van der Waals surface area contributed by atoms with Gasteiger partial charge in [-0.15, -0.1) is 0 Å². The van der Waals surface area contributed by atoms with Crippen molar-refractivity contribution in [1.82, 2.24) is 10.9 Å². The molecule has 0 saturated carbocycles. The van der Waals surface area contributed by atoms with Crippen molar-refractivity contribution < 1.29 is 31.8 Å². The summed E-state index contributed by atoms with van der Waals surface area (Å²) in [6.07, 6.45) is 0.265. The summed E-state index contributed by atoms with van der Waals surface area (Å²) in [5.74, 6) is 9.44. The van der Waals surface area contributed by atoms with Crippen LogP contribution >= 0.6 is 0 Å². The van der Waals surface area contributed by atoms with Gasteiger partial charge in [-0.1, -0.05) is 18.2 Å². The molecule has 8 heteroatoms. The van der Waals surface area contributed by atoms with Crippen LogP contribution in [0.3, 0.4) is 0 Å². The van der Waals surface area contributed by atoms with Crippen molar-refractivity contribution in [2.24, 2.45) is 11.7 Å². The molecular formula is C15H16MnN4O3. The minimum Gasteiger partial charge on any atom is -0.508 e. The van der Waals surface area contributed by atoms with Crippen molar-refractivity contribution in [3.8, 4) is 5.75 Å². The van der Waals surface area contributed by atoms with Crippen molar-refractivity contribution in [2.75, 3.05) is 0 Å². The number of amides is 2. The van der Waals surface area contributed by atoms with Gasteiger partial charge in [0, 0.05) is 34.6 Å². The topological polar surface area (TPSA) is 130 Å². The van der Waals surface area contributed by atoms with E-state index in [1.165, 1.54) is 12.1 Å². The van der Waals surface area contributed by atoms with Gasteiger partial charge in [0.2, 0.25) is 0 Å². The zero-order chi connectivity index (χ0) is 16.1. The molecule has 0 saturated heterocycles. The first-order valence-corrected chi connectivity index (χ1v) is 6.48. The molecule has 23 heavy (non-hydrogen) atoms. The van der Waals surface area contributed by atoms with Crippen LogP contribution in [0.2, 0.25) is 0 Å². The molecule has 0 unspecified atom stereocenters. The molecule has 7 N–H and O–H groups in total. The number of carbonyl (C=O) groups excluding carboxylic acids is 2. The zero-order valence-corrected chi connectivity index (χ0v) is 13.2.